The number of hydrogen-bond donors (Lipinski definition) is 1. The maximum atomic E-state index is 12.0. The molecule has 0 radical (unpaired) electrons. The largest absolute Gasteiger partial charge is 0.497 e. The second-order valence-corrected chi connectivity index (χ2v) is 4.02. The highest BCUT2D eigenvalue weighted by atomic mass is 16.5. The second-order valence-electron chi connectivity index (χ2n) is 4.02. The van der Waals surface area contributed by atoms with Crippen LogP contribution in [0.3, 0.4) is 0 Å². The van der Waals surface area contributed by atoms with E-state index in [0.717, 1.165) is 0 Å². The summed E-state index contributed by atoms with van der Waals surface area (Å²) in [4.78, 5) is 13.5. The molecule has 1 aromatic rings. The molecule has 1 aromatic carbocycles. The van der Waals surface area contributed by atoms with Gasteiger partial charge in [0.05, 0.1) is 19.8 Å². The molecule has 0 aliphatic heterocycles. The summed E-state index contributed by atoms with van der Waals surface area (Å²) in [7, 11) is 4.73. The molecule has 18 heavy (non-hydrogen) atoms. The average Bonchev–Trinajstić information content (AvgIpc) is 2.38. The van der Waals surface area contributed by atoms with Gasteiger partial charge in [0.15, 0.2) is 0 Å². The first kappa shape index (κ1) is 14.5. The van der Waals surface area contributed by atoms with Crippen LogP contribution < -0.4 is 4.74 Å². The van der Waals surface area contributed by atoms with Crippen molar-refractivity contribution in [2.75, 3.05) is 34.4 Å². The number of aliphatic hydroxyl groups excluding tert-OH is 1. The zero-order valence-electron chi connectivity index (χ0n) is 10.9. The summed E-state index contributed by atoms with van der Waals surface area (Å²) in [5, 5.41) is 9.56. The number of benzene rings is 1. The summed E-state index contributed by atoms with van der Waals surface area (Å²) in [6.07, 6.45) is -0.679. The molecule has 5 nitrogen and oxygen atoms in total. The van der Waals surface area contributed by atoms with Gasteiger partial charge in [0, 0.05) is 26.3 Å². The lowest BCUT2D eigenvalue weighted by atomic mass is 10.2. The van der Waals surface area contributed by atoms with Gasteiger partial charge in [-0.1, -0.05) is 0 Å². The zero-order valence-corrected chi connectivity index (χ0v) is 10.9. The minimum atomic E-state index is -0.679. The van der Waals surface area contributed by atoms with Gasteiger partial charge in [-0.05, 0) is 24.3 Å². The number of likely N-dealkylation sites (N-methyl/N-ethyl adjacent to an activating group) is 1. The van der Waals surface area contributed by atoms with Gasteiger partial charge in [0.2, 0.25) is 0 Å². The van der Waals surface area contributed by atoms with E-state index in [1.165, 1.54) is 12.0 Å². The molecule has 0 bridgehead atoms. The fourth-order valence-corrected chi connectivity index (χ4v) is 1.60. The first-order valence-electron chi connectivity index (χ1n) is 5.65. The standard InChI is InChI=1S/C13H19NO4/c1-14(8-11(15)9-17-2)13(16)10-4-6-12(18-3)7-5-10/h4-7,11,15H,8-9H2,1-3H3. The smallest absolute Gasteiger partial charge is 0.253 e. The van der Waals surface area contributed by atoms with Gasteiger partial charge < -0.3 is 19.5 Å². The highest BCUT2D eigenvalue weighted by Crippen LogP contribution is 2.12. The molecule has 1 rings (SSSR count). The Morgan fingerprint density at radius 2 is 1.94 bits per heavy atom. The molecule has 0 aliphatic carbocycles. The van der Waals surface area contributed by atoms with E-state index in [4.69, 9.17) is 9.47 Å². The van der Waals surface area contributed by atoms with Crippen LogP contribution in [0, 0.1) is 0 Å². The van der Waals surface area contributed by atoms with Gasteiger partial charge >= 0.3 is 0 Å². The maximum absolute atomic E-state index is 12.0. The van der Waals surface area contributed by atoms with Gasteiger partial charge in [-0.3, -0.25) is 4.79 Å². The molecule has 1 amide bonds. The Morgan fingerprint density at radius 3 is 2.44 bits per heavy atom. The molecule has 100 valence electrons. The van der Waals surface area contributed by atoms with Gasteiger partial charge in [-0.2, -0.15) is 0 Å². The van der Waals surface area contributed by atoms with Crippen LogP contribution in [-0.2, 0) is 4.74 Å². The van der Waals surface area contributed by atoms with E-state index in [9.17, 15) is 9.90 Å². The van der Waals surface area contributed by atoms with Crippen molar-refractivity contribution in [2.45, 2.75) is 6.10 Å². The molecule has 0 fully saturated rings. The monoisotopic (exact) mass is 253 g/mol. The van der Waals surface area contributed by atoms with Crippen molar-refractivity contribution in [1.29, 1.82) is 0 Å². The molecule has 1 unspecified atom stereocenters. The number of carbonyl (C=O) groups is 1. The summed E-state index contributed by atoms with van der Waals surface area (Å²) >= 11 is 0. The molecule has 0 spiro atoms. The normalized spacial score (nSPS) is 12.0. The number of ether oxygens (including phenoxy) is 2. The number of rotatable bonds is 6. The van der Waals surface area contributed by atoms with Crippen molar-refractivity contribution >= 4 is 5.91 Å². The number of nitrogens with zero attached hydrogens (tertiary/aromatic N) is 1. The maximum Gasteiger partial charge on any atom is 0.253 e. The van der Waals surface area contributed by atoms with Crippen molar-refractivity contribution in [3.8, 4) is 5.75 Å². The third-order valence-electron chi connectivity index (χ3n) is 2.53. The summed E-state index contributed by atoms with van der Waals surface area (Å²) < 4.78 is 9.84. The Labute approximate surface area is 107 Å². The van der Waals surface area contributed by atoms with Crippen molar-refractivity contribution in [3.05, 3.63) is 29.8 Å². The predicted octanol–water partition coefficient (Wildman–Crippen LogP) is 0.774. The second kappa shape index (κ2) is 6.98. The topological polar surface area (TPSA) is 59.0 Å². The Hall–Kier alpha value is -1.59. The van der Waals surface area contributed by atoms with Crippen LogP contribution in [0.4, 0.5) is 0 Å². The van der Waals surface area contributed by atoms with E-state index < -0.39 is 6.10 Å². The molecular weight excluding hydrogens is 234 g/mol. The Balaban J connectivity index is 2.62. The van der Waals surface area contributed by atoms with Gasteiger partial charge in [0.1, 0.15) is 5.75 Å². The third-order valence-corrected chi connectivity index (χ3v) is 2.53. The highest BCUT2D eigenvalue weighted by molar-refractivity contribution is 5.94. The first-order valence-corrected chi connectivity index (χ1v) is 5.65. The van der Waals surface area contributed by atoms with E-state index >= 15 is 0 Å². The quantitative estimate of drug-likeness (QED) is 0.813. The van der Waals surface area contributed by atoms with Crippen molar-refractivity contribution in [2.24, 2.45) is 0 Å². The van der Waals surface area contributed by atoms with Crippen LogP contribution in [0.5, 0.6) is 5.75 Å². The van der Waals surface area contributed by atoms with Gasteiger partial charge in [0.25, 0.3) is 5.91 Å². The van der Waals surface area contributed by atoms with Gasteiger partial charge in [-0.15, -0.1) is 0 Å². The minimum absolute atomic E-state index is 0.146. The Bertz CT molecular complexity index is 377. The predicted molar refractivity (Wildman–Crippen MR) is 67.8 cm³/mol. The van der Waals surface area contributed by atoms with E-state index in [1.807, 2.05) is 0 Å². The Kier molecular flexibility index (Phi) is 5.61. The van der Waals surface area contributed by atoms with Crippen molar-refractivity contribution in [3.63, 3.8) is 0 Å². The SMILES string of the molecule is COCC(O)CN(C)C(=O)c1ccc(OC)cc1. The molecule has 0 saturated carbocycles. The number of aliphatic hydroxyl groups is 1. The van der Waals surface area contributed by atoms with Crippen LogP contribution in [0.1, 0.15) is 10.4 Å². The average molecular weight is 253 g/mol. The lowest BCUT2D eigenvalue weighted by Crippen LogP contribution is -2.36. The summed E-state index contributed by atoms with van der Waals surface area (Å²) in [5.41, 5.74) is 0.558. The van der Waals surface area contributed by atoms with Crippen molar-refractivity contribution < 1.29 is 19.4 Å². The van der Waals surface area contributed by atoms with Crippen molar-refractivity contribution in [1.82, 2.24) is 4.90 Å². The molecule has 0 heterocycles. The molecular formula is C13H19NO4. The minimum Gasteiger partial charge on any atom is -0.497 e. The van der Waals surface area contributed by atoms with Crippen LogP contribution in [0.2, 0.25) is 0 Å². The van der Waals surface area contributed by atoms with Crippen LogP contribution in [0.15, 0.2) is 24.3 Å². The van der Waals surface area contributed by atoms with Crippen LogP contribution in [-0.4, -0.2) is 56.4 Å². The highest BCUT2D eigenvalue weighted by Gasteiger charge is 2.15. The Morgan fingerprint density at radius 1 is 1.33 bits per heavy atom. The zero-order chi connectivity index (χ0) is 13.5. The van der Waals surface area contributed by atoms with Gasteiger partial charge in [-0.25, -0.2) is 0 Å². The number of amides is 1. The molecule has 0 aromatic heterocycles. The molecule has 0 saturated heterocycles. The van der Waals surface area contributed by atoms with E-state index in [2.05, 4.69) is 0 Å². The molecule has 1 atom stereocenters. The van der Waals surface area contributed by atoms with E-state index in [1.54, 1.807) is 38.4 Å². The number of methoxy groups -OCH3 is 2. The fraction of sp³-hybridized carbons (Fsp3) is 0.462. The fourth-order valence-electron chi connectivity index (χ4n) is 1.60. The van der Waals surface area contributed by atoms with Crippen LogP contribution >= 0.6 is 0 Å². The lowest BCUT2D eigenvalue weighted by Gasteiger charge is -2.20. The van der Waals surface area contributed by atoms with E-state index in [-0.39, 0.29) is 19.1 Å². The van der Waals surface area contributed by atoms with Crippen LogP contribution in [0.25, 0.3) is 0 Å². The first-order chi connectivity index (χ1) is 8.58. The third kappa shape index (κ3) is 4.01. The lowest BCUT2D eigenvalue weighted by molar-refractivity contribution is 0.0380. The summed E-state index contributed by atoms with van der Waals surface area (Å²) in [6, 6.07) is 6.85. The summed E-state index contributed by atoms with van der Waals surface area (Å²) in [6.45, 7) is 0.443. The number of hydrogen-bond acceptors (Lipinski definition) is 4. The number of carbonyl (C=O) groups excluding carboxylic acids is 1. The summed E-state index contributed by atoms with van der Waals surface area (Å²) in [5.74, 6) is 0.557. The molecule has 5 heteroatoms. The molecule has 0 aliphatic rings. The molecule has 1 N–H and O–H groups in total. The van der Waals surface area contributed by atoms with E-state index in [0.29, 0.717) is 11.3 Å².